The van der Waals surface area contributed by atoms with Crippen LogP contribution in [0.2, 0.25) is 0 Å². The number of fused-ring (bicyclic) bond motifs is 1. The van der Waals surface area contributed by atoms with Gasteiger partial charge in [-0.2, -0.15) is 4.98 Å². The van der Waals surface area contributed by atoms with Gasteiger partial charge in [-0.3, -0.25) is 10.1 Å². The quantitative estimate of drug-likeness (QED) is 0.392. The van der Waals surface area contributed by atoms with Crippen molar-refractivity contribution in [3.8, 4) is 17.0 Å². The Kier molecular flexibility index (Phi) is 5.39. The molecule has 1 N–H and O–H groups in total. The lowest BCUT2D eigenvalue weighted by molar-refractivity contribution is -0.116. The van der Waals surface area contributed by atoms with E-state index >= 15 is 0 Å². The summed E-state index contributed by atoms with van der Waals surface area (Å²) in [6, 6.07) is 27.2. The van der Waals surface area contributed by atoms with E-state index < -0.39 is 5.92 Å². The Balaban J connectivity index is 1.45. The van der Waals surface area contributed by atoms with Crippen molar-refractivity contribution in [1.82, 2.24) is 14.6 Å². The van der Waals surface area contributed by atoms with Gasteiger partial charge >= 0.3 is 0 Å². The topological polar surface area (TPSA) is 68.5 Å². The standard InChI is InChI=1S/C25H20N4O2S/c1-31-20-14-12-17(13-15-20)21-16-32-25-27-24(28-29(21)25)26-23(30)22(18-8-4-2-5-9-18)19-10-6-3-7-11-19/h2-16,22H,1H3,(H,26,28,30). The number of thiazole rings is 1. The van der Waals surface area contributed by atoms with Gasteiger partial charge in [0.1, 0.15) is 5.75 Å². The fraction of sp³-hybridized carbons (Fsp3) is 0.0800. The van der Waals surface area contributed by atoms with E-state index in [4.69, 9.17) is 4.74 Å². The molecular weight excluding hydrogens is 420 g/mol. The molecule has 1 amide bonds. The van der Waals surface area contributed by atoms with E-state index in [1.165, 1.54) is 11.3 Å². The van der Waals surface area contributed by atoms with Gasteiger partial charge in [0.05, 0.1) is 18.7 Å². The molecule has 0 fully saturated rings. The lowest BCUT2D eigenvalue weighted by Crippen LogP contribution is -2.22. The molecule has 0 spiro atoms. The fourth-order valence-corrected chi connectivity index (χ4v) is 4.49. The molecule has 0 unspecified atom stereocenters. The monoisotopic (exact) mass is 440 g/mol. The fourth-order valence-electron chi connectivity index (χ4n) is 3.66. The second-order valence-corrected chi connectivity index (χ2v) is 8.06. The average Bonchev–Trinajstić information content (AvgIpc) is 3.41. The van der Waals surface area contributed by atoms with Crippen LogP contribution in [0.3, 0.4) is 0 Å². The van der Waals surface area contributed by atoms with Gasteiger partial charge < -0.3 is 4.74 Å². The third-order valence-electron chi connectivity index (χ3n) is 5.23. The summed E-state index contributed by atoms with van der Waals surface area (Å²) in [7, 11) is 1.64. The minimum absolute atomic E-state index is 0.174. The number of benzene rings is 3. The maximum absolute atomic E-state index is 13.3. The zero-order chi connectivity index (χ0) is 21.9. The second kappa shape index (κ2) is 8.64. The van der Waals surface area contributed by atoms with Crippen LogP contribution in [-0.2, 0) is 4.79 Å². The minimum Gasteiger partial charge on any atom is -0.497 e. The van der Waals surface area contributed by atoms with E-state index in [1.807, 2.05) is 90.3 Å². The van der Waals surface area contributed by atoms with Crippen LogP contribution in [0.5, 0.6) is 5.75 Å². The molecule has 0 saturated carbocycles. The van der Waals surface area contributed by atoms with Crippen molar-refractivity contribution in [1.29, 1.82) is 0 Å². The predicted octanol–water partition coefficient (Wildman–Crippen LogP) is 5.24. The van der Waals surface area contributed by atoms with Crippen molar-refractivity contribution in [3.05, 3.63) is 101 Å². The molecule has 158 valence electrons. The van der Waals surface area contributed by atoms with Crippen LogP contribution < -0.4 is 10.1 Å². The van der Waals surface area contributed by atoms with Gasteiger partial charge in [-0.05, 0) is 35.4 Å². The number of hydrogen-bond donors (Lipinski definition) is 1. The van der Waals surface area contributed by atoms with Crippen LogP contribution in [-0.4, -0.2) is 27.6 Å². The van der Waals surface area contributed by atoms with E-state index in [9.17, 15) is 4.79 Å². The Labute approximate surface area is 189 Å². The molecule has 0 aliphatic carbocycles. The van der Waals surface area contributed by atoms with Gasteiger partial charge in [0, 0.05) is 10.9 Å². The number of amides is 1. The van der Waals surface area contributed by atoms with Crippen LogP contribution in [0.25, 0.3) is 16.2 Å². The largest absolute Gasteiger partial charge is 0.497 e. The lowest BCUT2D eigenvalue weighted by Gasteiger charge is -2.16. The zero-order valence-corrected chi connectivity index (χ0v) is 18.1. The first-order valence-corrected chi connectivity index (χ1v) is 11.0. The van der Waals surface area contributed by atoms with E-state index in [0.29, 0.717) is 4.96 Å². The summed E-state index contributed by atoms with van der Waals surface area (Å²) < 4.78 is 6.99. The highest BCUT2D eigenvalue weighted by atomic mass is 32.1. The smallest absolute Gasteiger partial charge is 0.250 e. The molecule has 0 aliphatic heterocycles. The van der Waals surface area contributed by atoms with E-state index in [1.54, 1.807) is 11.6 Å². The summed E-state index contributed by atoms with van der Waals surface area (Å²) in [5.74, 6) is 0.444. The van der Waals surface area contributed by atoms with Crippen molar-refractivity contribution in [2.24, 2.45) is 0 Å². The van der Waals surface area contributed by atoms with E-state index in [0.717, 1.165) is 28.1 Å². The van der Waals surface area contributed by atoms with Gasteiger partial charge in [0.15, 0.2) is 0 Å². The van der Waals surface area contributed by atoms with Crippen LogP contribution in [0.15, 0.2) is 90.3 Å². The molecule has 32 heavy (non-hydrogen) atoms. The molecular formula is C25H20N4O2S. The Morgan fingerprint density at radius 3 is 2.16 bits per heavy atom. The normalized spacial score (nSPS) is 11.1. The first kappa shape index (κ1) is 20.0. The number of hydrogen-bond acceptors (Lipinski definition) is 5. The van der Waals surface area contributed by atoms with E-state index in [2.05, 4.69) is 15.4 Å². The first-order chi connectivity index (χ1) is 15.7. The molecule has 5 aromatic rings. The van der Waals surface area contributed by atoms with Crippen LogP contribution in [0.4, 0.5) is 5.95 Å². The summed E-state index contributed by atoms with van der Waals surface area (Å²) in [5, 5.41) is 9.47. The number of nitrogens with one attached hydrogen (secondary N) is 1. The maximum atomic E-state index is 13.3. The molecule has 0 atom stereocenters. The highest BCUT2D eigenvalue weighted by molar-refractivity contribution is 7.15. The Bertz CT molecular complexity index is 1310. The first-order valence-electron chi connectivity index (χ1n) is 10.1. The Morgan fingerprint density at radius 1 is 0.938 bits per heavy atom. The molecule has 5 rings (SSSR count). The maximum Gasteiger partial charge on any atom is 0.250 e. The van der Waals surface area contributed by atoms with Gasteiger partial charge in [0.2, 0.25) is 16.8 Å². The number of methoxy groups -OCH3 is 1. The average molecular weight is 441 g/mol. The van der Waals surface area contributed by atoms with Crippen molar-refractivity contribution in [2.75, 3.05) is 12.4 Å². The van der Waals surface area contributed by atoms with Crippen LogP contribution in [0.1, 0.15) is 17.0 Å². The van der Waals surface area contributed by atoms with Gasteiger partial charge in [-0.1, -0.05) is 60.7 Å². The SMILES string of the molecule is COc1ccc(-c2csc3nc(NC(=O)C(c4ccccc4)c4ccccc4)nn23)cc1. The van der Waals surface area contributed by atoms with Gasteiger partial charge in [-0.25, -0.2) is 4.52 Å². The predicted molar refractivity (Wildman–Crippen MR) is 126 cm³/mol. The molecule has 6 nitrogen and oxygen atoms in total. The number of ether oxygens (including phenoxy) is 1. The Hall–Kier alpha value is -3.97. The molecule has 0 bridgehead atoms. The van der Waals surface area contributed by atoms with Crippen molar-refractivity contribution >= 4 is 28.2 Å². The number of carbonyl (C=O) groups excluding carboxylic acids is 1. The summed E-state index contributed by atoms with van der Waals surface area (Å²) in [4.78, 5) is 18.6. The molecule has 0 aliphatic rings. The van der Waals surface area contributed by atoms with Gasteiger partial charge in [0.25, 0.3) is 0 Å². The third kappa shape index (κ3) is 3.86. The van der Waals surface area contributed by atoms with Crippen molar-refractivity contribution in [2.45, 2.75) is 5.92 Å². The zero-order valence-electron chi connectivity index (χ0n) is 17.3. The van der Waals surface area contributed by atoms with E-state index in [-0.39, 0.29) is 11.9 Å². The molecule has 0 radical (unpaired) electrons. The summed E-state index contributed by atoms with van der Waals surface area (Å²) in [6.45, 7) is 0. The minimum atomic E-state index is -0.458. The summed E-state index contributed by atoms with van der Waals surface area (Å²) in [5.41, 5.74) is 3.72. The second-order valence-electron chi connectivity index (χ2n) is 7.22. The number of carbonyl (C=O) groups is 1. The third-order valence-corrected chi connectivity index (χ3v) is 6.05. The molecule has 3 aromatic carbocycles. The molecule has 2 aromatic heterocycles. The highest BCUT2D eigenvalue weighted by Gasteiger charge is 2.24. The number of anilines is 1. The number of nitrogens with zero attached hydrogens (tertiary/aromatic N) is 3. The van der Waals surface area contributed by atoms with Crippen molar-refractivity contribution in [3.63, 3.8) is 0 Å². The summed E-state index contributed by atoms with van der Waals surface area (Å²) in [6.07, 6.45) is 0. The highest BCUT2D eigenvalue weighted by Crippen LogP contribution is 2.29. The molecule has 7 heteroatoms. The summed E-state index contributed by atoms with van der Waals surface area (Å²) >= 11 is 1.47. The van der Waals surface area contributed by atoms with Crippen LogP contribution >= 0.6 is 11.3 Å². The number of aromatic nitrogens is 3. The van der Waals surface area contributed by atoms with Crippen LogP contribution in [0, 0.1) is 0 Å². The number of rotatable bonds is 6. The molecule has 0 saturated heterocycles. The molecule has 2 heterocycles. The lowest BCUT2D eigenvalue weighted by atomic mass is 9.90. The van der Waals surface area contributed by atoms with Gasteiger partial charge in [-0.15, -0.1) is 16.4 Å². The van der Waals surface area contributed by atoms with Crippen molar-refractivity contribution < 1.29 is 9.53 Å². The Morgan fingerprint density at radius 2 is 1.56 bits per heavy atom.